The molecule has 0 fully saturated rings. The number of carbonyl (C=O) groups is 2. The average Bonchev–Trinajstić information content (AvgIpc) is 3.25. The van der Waals surface area contributed by atoms with Gasteiger partial charge in [-0.15, -0.1) is 11.3 Å². The van der Waals surface area contributed by atoms with E-state index in [1.165, 1.54) is 41.0 Å². The summed E-state index contributed by atoms with van der Waals surface area (Å²) in [5.74, 6) is -0.622. The summed E-state index contributed by atoms with van der Waals surface area (Å²) in [5, 5.41) is 13.0. The molecule has 2 amide bonds. The fourth-order valence-electron chi connectivity index (χ4n) is 3.74. The van der Waals surface area contributed by atoms with E-state index in [9.17, 15) is 18.0 Å². The van der Waals surface area contributed by atoms with Gasteiger partial charge < -0.3 is 10.6 Å². The first-order valence-electron chi connectivity index (χ1n) is 10.2. The summed E-state index contributed by atoms with van der Waals surface area (Å²) < 4.78 is 23.0. The Morgan fingerprint density at radius 1 is 0.969 bits per heavy atom. The van der Waals surface area contributed by atoms with E-state index in [0.717, 1.165) is 19.3 Å². The van der Waals surface area contributed by atoms with Gasteiger partial charge in [0.25, 0.3) is 11.8 Å². The maximum absolute atomic E-state index is 12.8. The number of nitrogens with one attached hydrogen (secondary N) is 2. The zero-order valence-electron chi connectivity index (χ0n) is 17.3. The lowest BCUT2D eigenvalue weighted by Gasteiger charge is -2.16. The number of benzene rings is 2. The van der Waals surface area contributed by atoms with Crippen LogP contribution in [0.4, 0.5) is 5.00 Å². The van der Waals surface area contributed by atoms with E-state index < -0.39 is 10.0 Å². The normalized spacial score (nSPS) is 13.3. The molecule has 0 unspecified atom stereocenters. The summed E-state index contributed by atoms with van der Waals surface area (Å²) in [6.45, 7) is 0.121. The smallest absolute Gasteiger partial charge is 0.256 e. The van der Waals surface area contributed by atoms with E-state index in [1.807, 2.05) is 18.2 Å². The Morgan fingerprint density at radius 2 is 1.75 bits per heavy atom. The SMILES string of the molecule is NS(=O)(=O)c1cccc(CNC(=O)c2ccsc2NC(=O)c2ccc3c(c2)CCCC3)c1. The van der Waals surface area contributed by atoms with Gasteiger partial charge in [-0.05, 0) is 78.1 Å². The molecule has 0 aliphatic heterocycles. The molecule has 0 bridgehead atoms. The van der Waals surface area contributed by atoms with Gasteiger partial charge in [-0.3, -0.25) is 9.59 Å². The van der Waals surface area contributed by atoms with Gasteiger partial charge in [-0.2, -0.15) is 0 Å². The van der Waals surface area contributed by atoms with E-state index in [1.54, 1.807) is 23.6 Å². The summed E-state index contributed by atoms with van der Waals surface area (Å²) >= 11 is 1.27. The predicted molar refractivity (Wildman–Crippen MR) is 124 cm³/mol. The Hall–Kier alpha value is -3.01. The minimum Gasteiger partial charge on any atom is -0.348 e. The Labute approximate surface area is 190 Å². The largest absolute Gasteiger partial charge is 0.348 e. The van der Waals surface area contributed by atoms with E-state index >= 15 is 0 Å². The number of amides is 2. The third-order valence-electron chi connectivity index (χ3n) is 5.43. The molecule has 1 aromatic heterocycles. The summed E-state index contributed by atoms with van der Waals surface area (Å²) in [5.41, 5.74) is 4.04. The van der Waals surface area contributed by atoms with Crippen molar-refractivity contribution in [3.8, 4) is 0 Å². The second kappa shape index (κ2) is 9.23. The Bertz CT molecular complexity index is 1280. The number of anilines is 1. The summed E-state index contributed by atoms with van der Waals surface area (Å²) in [7, 11) is -3.82. The minimum atomic E-state index is -3.82. The van der Waals surface area contributed by atoms with Gasteiger partial charge in [0.05, 0.1) is 10.5 Å². The van der Waals surface area contributed by atoms with Crippen LogP contribution in [0.25, 0.3) is 0 Å². The molecule has 166 valence electrons. The first kappa shape index (κ1) is 22.2. The molecule has 1 aliphatic rings. The fraction of sp³-hybridized carbons (Fsp3) is 0.217. The van der Waals surface area contributed by atoms with Crippen LogP contribution in [0.3, 0.4) is 0 Å². The lowest BCUT2D eigenvalue weighted by Crippen LogP contribution is -2.24. The van der Waals surface area contributed by atoms with Crippen molar-refractivity contribution >= 4 is 38.2 Å². The van der Waals surface area contributed by atoms with Crippen LogP contribution >= 0.6 is 11.3 Å². The molecule has 3 aromatic rings. The predicted octanol–water partition coefficient (Wildman–Crippen LogP) is 3.46. The Kier molecular flexibility index (Phi) is 6.40. The van der Waals surface area contributed by atoms with Crippen LogP contribution in [0.1, 0.15) is 50.2 Å². The lowest BCUT2D eigenvalue weighted by atomic mass is 9.90. The summed E-state index contributed by atoms with van der Waals surface area (Å²) in [4.78, 5) is 25.5. The number of rotatable bonds is 6. The molecule has 0 spiro atoms. The molecule has 32 heavy (non-hydrogen) atoms. The van der Waals surface area contributed by atoms with E-state index in [-0.39, 0.29) is 23.3 Å². The maximum atomic E-state index is 12.8. The van der Waals surface area contributed by atoms with Gasteiger partial charge in [-0.25, -0.2) is 13.6 Å². The topological polar surface area (TPSA) is 118 Å². The summed E-state index contributed by atoms with van der Waals surface area (Å²) in [6, 6.07) is 13.5. The van der Waals surface area contributed by atoms with Crippen LogP contribution < -0.4 is 15.8 Å². The lowest BCUT2D eigenvalue weighted by molar-refractivity contribution is 0.0952. The number of thiophene rings is 1. The Morgan fingerprint density at radius 3 is 2.53 bits per heavy atom. The zero-order chi connectivity index (χ0) is 22.7. The first-order valence-corrected chi connectivity index (χ1v) is 12.6. The molecule has 4 rings (SSSR count). The highest BCUT2D eigenvalue weighted by Gasteiger charge is 2.18. The molecule has 0 saturated heterocycles. The molecule has 9 heteroatoms. The maximum Gasteiger partial charge on any atom is 0.256 e. The second-order valence-corrected chi connectivity index (χ2v) is 10.2. The van der Waals surface area contributed by atoms with Gasteiger partial charge >= 0.3 is 0 Å². The van der Waals surface area contributed by atoms with E-state index in [0.29, 0.717) is 21.7 Å². The van der Waals surface area contributed by atoms with Crippen LogP contribution in [-0.2, 0) is 29.4 Å². The minimum absolute atomic E-state index is 0.0159. The van der Waals surface area contributed by atoms with Gasteiger partial charge in [0.2, 0.25) is 10.0 Å². The number of hydrogen-bond donors (Lipinski definition) is 3. The molecule has 0 radical (unpaired) electrons. The van der Waals surface area contributed by atoms with Crippen molar-refractivity contribution < 1.29 is 18.0 Å². The highest BCUT2D eigenvalue weighted by atomic mass is 32.2. The number of carbonyl (C=O) groups excluding carboxylic acids is 2. The quantitative estimate of drug-likeness (QED) is 0.512. The van der Waals surface area contributed by atoms with Crippen LogP contribution in [0, 0.1) is 0 Å². The van der Waals surface area contributed by atoms with Crippen LogP contribution in [-0.4, -0.2) is 20.2 Å². The standard InChI is InChI=1S/C23H23N3O4S2/c24-32(29,30)19-7-3-4-15(12-19)14-25-22(28)20-10-11-31-23(20)26-21(27)18-9-8-16-5-1-2-6-17(16)13-18/h3-4,7-13H,1-2,5-6,14H2,(H,25,28)(H,26,27)(H2,24,29,30). The molecular formula is C23H23N3O4S2. The number of aryl methyl sites for hydroxylation is 2. The third kappa shape index (κ3) is 5.07. The van der Waals surface area contributed by atoms with E-state index in [2.05, 4.69) is 10.6 Å². The number of primary sulfonamides is 1. The van der Waals surface area contributed by atoms with Crippen LogP contribution in [0.2, 0.25) is 0 Å². The van der Waals surface area contributed by atoms with Gasteiger partial charge in [0, 0.05) is 12.1 Å². The highest BCUT2D eigenvalue weighted by Crippen LogP contribution is 2.26. The highest BCUT2D eigenvalue weighted by molar-refractivity contribution is 7.89. The van der Waals surface area contributed by atoms with Crippen LogP contribution in [0.15, 0.2) is 58.8 Å². The molecular weight excluding hydrogens is 446 g/mol. The van der Waals surface area contributed by atoms with E-state index in [4.69, 9.17) is 5.14 Å². The third-order valence-corrected chi connectivity index (χ3v) is 7.17. The second-order valence-electron chi connectivity index (χ2n) is 7.68. The molecule has 0 saturated carbocycles. The number of hydrogen-bond acceptors (Lipinski definition) is 5. The Balaban J connectivity index is 1.43. The van der Waals surface area contributed by atoms with Crippen molar-refractivity contribution in [2.75, 3.05) is 5.32 Å². The molecule has 1 heterocycles. The van der Waals surface area contributed by atoms with Crippen molar-refractivity contribution in [1.82, 2.24) is 5.32 Å². The van der Waals surface area contributed by atoms with Crippen molar-refractivity contribution in [2.45, 2.75) is 37.1 Å². The van der Waals surface area contributed by atoms with Crippen LogP contribution in [0.5, 0.6) is 0 Å². The molecule has 4 N–H and O–H groups in total. The number of nitrogens with two attached hydrogens (primary N) is 1. The van der Waals surface area contributed by atoms with Crippen molar-refractivity contribution in [3.63, 3.8) is 0 Å². The van der Waals surface area contributed by atoms with Crippen molar-refractivity contribution in [2.24, 2.45) is 5.14 Å². The van der Waals surface area contributed by atoms with Crippen molar-refractivity contribution in [3.05, 3.63) is 81.7 Å². The first-order chi connectivity index (χ1) is 15.3. The zero-order valence-corrected chi connectivity index (χ0v) is 18.9. The number of fused-ring (bicyclic) bond motifs is 1. The summed E-state index contributed by atoms with van der Waals surface area (Å²) in [6.07, 6.45) is 4.34. The number of sulfonamides is 1. The van der Waals surface area contributed by atoms with Gasteiger partial charge in [0.1, 0.15) is 5.00 Å². The fourth-order valence-corrected chi connectivity index (χ4v) is 5.11. The van der Waals surface area contributed by atoms with Crippen molar-refractivity contribution in [1.29, 1.82) is 0 Å². The molecule has 7 nitrogen and oxygen atoms in total. The molecule has 2 aromatic carbocycles. The monoisotopic (exact) mass is 469 g/mol. The molecule has 0 atom stereocenters. The average molecular weight is 470 g/mol. The molecule has 1 aliphatic carbocycles. The van der Waals surface area contributed by atoms with Gasteiger partial charge in [0.15, 0.2) is 0 Å². The van der Waals surface area contributed by atoms with Gasteiger partial charge in [-0.1, -0.05) is 18.2 Å².